The van der Waals surface area contributed by atoms with Crippen LogP contribution in [0, 0.1) is 0 Å². The summed E-state index contributed by atoms with van der Waals surface area (Å²) < 4.78 is 1.43. The first kappa shape index (κ1) is 13.0. The fraction of sp³-hybridized carbons (Fsp3) is 0.500. The second kappa shape index (κ2) is 5.33. The predicted molar refractivity (Wildman–Crippen MR) is 63.3 cm³/mol. The molecule has 3 N–H and O–H groups in total. The maximum Gasteiger partial charge on any atom is 0.258 e. The molecule has 7 heteroatoms. The minimum atomic E-state index is -0.237. The highest BCUT2D eigenvalue weighted by molar-refractivity contribution is 5.98. The zero-order valence-corrected chi connectivity index (χ0v) is 10.2. The van der Waals surface area contributed by atoms with Crippen molar-refractivity contribution in [3.05, 3.63) is 11.8 Å². The maximum atomic E-state index is 11.9. The Morgan fingerprint density at radius 1 is 1.59 bits per heavy atom. The Balaban J connectivity index is 2.64. The minimum absolute atomic E-state index is 0.108. The van der Waals surface area contributed by atoms with Crippen LogP contribution in [0.4, 0.5) is 5.82 Å². The number of carbonyl (C=O) groups excluding carboxylic acids is 2. The van der Waals surface area contributed by atoms with Crippen molar-refractivity contribution in [3.63, 3.8) is 0 Å². The van der Waals surface area contributed by atoms with Crippen molar-refractivity contribution in [1.82, 2.24) is 20.0 Å². The van der Waals surface area contributed by atoms with Crippen LogP contribution in [0.5, 0.6) is 0 Å². The molecule has 7 nitrogen and oxygen atoms in total. The van der Waals surface area contributed by atoms with Gasteiger partial charge in [0.25, 0.3) is 5.91 Å². The van der Waals surface area contributed by atoms with Gasteiger partial charge in [-0.3, -0.25) is 14.3 Å². The summed E-state index contributed by atoms with van der Waals surface area (Å²) in [5.74, 6) is -0.0231. The number of nitrogens with one attached hydrogen (secondary N) is 1. The van der Waals surface area contributed by atoms with Gasteiger partial charge >= 0.3 is 0 Å². The second-order valence-electron chi connectivity index (χ2n) is 3.72. The van der Waals surface area contributed by atoms with Gasteiger partial charge in [-0.05, 0) is 0 Å². The van der Waals surface area contributed by atoms with E-state index < -0.39 is 0 Å². The van der Waals surface area contributed by atoms with Crippen LogP contribution in [-0.4, -0.2) is 47.1 Å². The number of nitrogen functional groups attached to an aromatic ring is 1. The van der Waals surface area contributed by atoms with E-state index in [4.69, 9.17) is 5.73 Å². The van der Waals surface area contributed by atoms with E-state index in [1.54, 1.807) is 21.1 Å². The molecule has 2 amide bonds. The monoisotopic (exact) mass is 239 g/mol. The Kier molecular flexibility index (Phi) is 4.08. The Hall–Kier alpha value is -2.05. The largest absolute Gasteiger partial charge is 0.383 e. The summed E-state index contributed by atoms with van der Waals surface area (Å²) in [5, 5.41) is 6.39. The number of aromatic nitrogens is 2. The summed E-state index contributed by atoms with van der Waals surface area (Å²) >= 11 is 0. The molecule has 17 heavy (non-hydrogen) atoms. The molecule has 0 saturated heterocycles. The highest BCUT2D eigenvalue weighted by Gasteiger charge is 2.18. The maximum absolute atomic E-state index is 11.9. The molecule has 0 saturated carbocycles. The fourth-order valence-electron chi connectivity index (χ4n) is 1.31. The number of rotatable bonds is 4. The SMILES string of the molecule is CNC(=O)CCN(C)C(=O)c1cnn(C)c1N. The van der Waals surface area contributed by atoms with Gasteiger partial charge in [-0.15, -0.1) is 0 Å². The van der Waals surface area contributed by atoms with Gasteiger partial charge in [0.1, 0.15) is 11.4 Å². The number of nitrogens with zero attached hydrogens (tertiary/aromatic N) is 3. The Morgan fingerprint density at radius 3 is 2.71 bits per heavy atom. The first-order valence-electron chi connectivity index (χ1n) is 5.21. The van der Waals surface area contributed by atoms with Crippen LogP contribution < -0.4 is 11.1 Å². The molecule has 0 aliphatic carbocycles. The summed E-state index contributed by atoms with van der Waals surface area (Å²) in [6, 6.07) is 0. The third-order valence-electron chi connectivity index (χ3n) is 2.51. The first-order chi connectivity index (χ1) is 7.97. The first-order valence-corrected chi connectivity index (χ1v) is 5.21. The van der Waals surface area contributed by atoms with Crippen molar-refractivity contribution < 1.29 is 9.59 Å². The van der Waals surface area contributed by atoms with E-state index in [0.29, 0.717) is 17.9 Å². The molecule has 94 valence electrons. The number of hydrogen-bond donors (Lipinski definition) is 2. The number of carbonyl (C=O) groups is 2. The average molecular weight is 239 g/mol. The lowest BCUT2D eigenvalue weighted by molar-refractivity contribution is -0.120. The van der Waals surface area contributed by atoms with Gasteiger partial charge in [0.15, 0.2) is 0 Å². The van der Waals surface area contributed by atoms with Gasteiger partial charge in [0, 0.05) is 34.1 Å². The minimum Gasteiger partial charge on any atom is -0.383 e. The van der Waals surface area contributed by atoms with E-state index in [1.807, 2.05) is 0 Å². The molecule has 0 unspecified atom stereocenters. The smallest absolute Gasteiger partial charge is 0.258 e. The zero-order chi connectivity index (χ0) is 13.0. The van der Waals surface area contributed by atoms with Crippen LogP contribution in [0.3, 0.4) is 0 Å². The fourth-order valence-corrected chi connectivity index (χ4v) is 1.31. The number of aryl methyl sites for hydroxylation is 1. The third kappa shape index (κ3) is 2.96. The van der Waals surface area contributed by atoms with Crippen LogP contribution in [-0.2, 0) is 11.8 Å². The molecule has 0 atom stereocenters. The van der Waals surface area contributed by atoms with Gasteiger partial charge in [-0.2, -0.15) is 5.10 Å². The number of nitrogens with two attached hydrogens (primary N) is 1. The molecule has 1 rings (SSSR count). The normalized spacial score (nSPS) is 10.1. The molecule has 0 aliphatic heterocycles. The van der Waals surface area contributed by atoms with E-state index in [0.717, 1.165) is 0 Å². The van der Waals surface area contributed by atoms with Crippen LogP contribution in [0.25, 0.3) is 0 Å². The molecule has 0 aromatic carbocycles. The highest BCUT2D eigenvalue weighted by Crippen LogP contribution is 2.11. The van der Waals surface area contributed by atoms with E-state index in [2.05, 4.69) is 10.4 Å². The third-order valence-corrected chi connectivity index (χ3v) is 2.51. The lowest BCUT2D eigenvalue weighted by atomic mass is 10.2. The number of amides is 2. The van der Waals surface area contributed by atoms with Crippen LogP contribution in [0.15, 0.2) is 6.20 Å². The molecule has 1 heterocycles. The van der Waals surface area contributed by atoms with Crippen molar-refractivity contribution in [2.45, 2.75) is 6.42 Å². The Morgan fingerprint density at radius 2 is 2.24 bits per heavy atom. The van der Waals surface area contributed by atoms with E-state index in [-0.39, 0.29) is 18.2 Å². The van der Waals surface area contributed by atoms with E-state index in [9.17, 15) is 9.59 Å². The van der Waals surface area contributed by atoms with Crippen molar-refractivity contribution in [2.75, 3.05) is 26.4 Å². The molecule has 0 spiro atoms. The lowest BCUT2D eigenvalue weighted by Gasteiger charge is -2.16. The summed E-state index contributed by atoms with van der Waals surface area (Å²) in [6.45, 7) is 0.340. The van der Waals surface area contributed by atoms with E-state index >= 15 is 0 Å². The quantitative estimate of drug-likeness (QED) is 0.720. The van der Waals surface area contributed by atoms with Gasteiger partial charge in [-0.1, -0.05) is 0 Å². The van der Waals surface area contributed by atoms with E-state index in [1.165, 1.54) is 15.8 Å². The lowest BCUT2D eigenvalue weighted by Crippen LogP contribution is -2.31. The van der Waals surface area contributed by atoms with Gasteiger partial charge in [0.05, 0.1) is 6.20 Å². The summed E-state index contributed by atoms with van der Waals surface area (Å²) in [5.41, 5.74) is 6.05. The molecular weight excluding hydrogens is 222 g/mol. The van der Waals surface area contributed by atoms with Crippen LogP contribution >= 0.6 is 0 Å². The van der Waals surface area contributed by atoms with Crippen molar-refractivity contribution >= 4 is 17.6 Å². The molecule has 0 fully saturated rings. The Labute approximate surface area is 99.6 Å². The number of anilines is 1. The van der Waals surface area contributed by atoms with Gasteiger partial charge in [-0.25, -0.2) is 0 Å². The molecule has 0 aliphatic rings. The zero-order valence-electron chi connectivity index (χ0n) is 10.2. The van der Waals surface area contributed by atoms with Crippen molar-refractivity contribution in [3.8, 4) is 0 Å². The van der Waals surface area contributed by atoms with Gasteiger partial charge in [0.2, 0.25) is 5.91 Å². The molecular formula is C10H17N5O2. The summed E-state index contributed by atoms with van der Waals surface area (Å²) in [7, 11) is 4.84. The Bertz CT molecular complexity index is 426. The summed E-state index contributed by atoms with van der Waals surface area (Å²) in [4.78, 5) is 24.4. The summed E-state index contributed by atoms with van der Waals surface area (Å²) in [6.07, 6.45) is 1.69. The standard InChI is InChI=1S/C10H17N5O2/c1-12-8(16)4-5-14(2)10(17)7-6-13-15(3)9(7)11/h6H,4-5,11H2,1-3H3,(H,12,16). The topological polar surface area (TPSA) is 93.2 Å². The predicted octanol–water partition coefficient (Wildman–Crippen LogP) is -0.790. The van der Waals surface area contributed by atoms with Crippen molar-refractivity contribution in [1.29, 1.82) is 0 Å². The molecule has 1 aromatic heterocycles. The van der Waals surface area contributed by atoms with Crippen molar-refractivity contribution in [2.24, 2.45) is 7.05 Å². The molecule has 0 radical (unpaired) electrons. The van der Waals surface area contributed by atoms with Crippen LogP contribution in [0.1, 0.15) is 16.8 Å². The molecule has 1 aromatic rings. The molecule has 0 bridgehead atoms. The number of hydrogen-bond acceptors (Lipinski definition) is 4. The highest BCUT2D eigenvalue weighted by atomic mass is 16.2. The van der Waals surface area contributed by atoms with Gasteiger partial charge < -0.3 is 16.0 Å². The average Bonchev–Trinajstić information content (AvgIpc) is 2.65. The second-order valence-corrected chi connectivity index (χ2v) is 3.72. The van der Waals surface area contributed by atoms with Crippen LogP contribution in [0.2, 0.25) is 0 Å².